The third-order valence-corrected chi connectivity index (χ3v) is 5.26. The topological polar surface area (TPSA) is 92.5 Å². The van der Waals surface area contributed by atoms with Crippen LogP contribution >= 0.6 is 0 Å². The highest BCUT2D eigenvalue weighted by Gasteiger charge is 2.29. The van der Waals surface area contributed by atoms with Crippen molar-refractivity contribution < 1.29 is 13.2 Å². The zero-order valence-electron chi connectivity index (χ0n) is 10.3. The number of piperidine rings is 1. The lowest BCUT2D eigenvalue weighted by Crippen LogP contribution is -2.43. The first-order valence-corrected chi connectivity index (χ1v) is 7.46. The number of amides is 1. The number of nitrogens with zero attached hydrogens (tertiary/aromatic N) is 1. The molecular formula is C10H21N3O3S. The van der Waals surface area contributed by atoms with Crippen LogP contribution in [0.3, 0.4) is 0 Å². The summed E-state index contributed by atoms with van der Waals surface area (Å²) in [5.74, 6) is 4.31. The van der Waals surface area contributed by atoms with E-state index in [0.717, 1.165) is 12.8 Å². The van der Waals surface area contributed by atoms with Crippen molar-refractivity contribution in [2.45, 2.75) is 26.7 Å². The molecule has 0 aromatic carbocycles. The molecule has 6 nitrogen and oxygen atoms in total. The lowest BCUT2D eigenvalue weighted by molar-refractivity contribution is -0.123. The molecule has 0 aliphatic carbocycles. The van der Waals surface area contributed by atoms with E-state index in [2.05, 4.69) is 6.92 Å². The van der Waals surface area contributed by atoms with Gasteiger partial charge in [0.25, 0.3) is 0 Å². The second-order valence-corrected chi connectivity index (χ2v) is 6.78. The smallest absolute Gasteiger partial charge is 0.237 e. The van der Waals surface area contributed by atoms with Crippen molar-refractivity contribution in [2.75, 3.05) is 18.8 Å². The van der Waals surface area contributed by atoms with Gasteiger partial charge >= 0.3 is 0 Å². The van der Waals surface area contributed by atoms with Gasteiger partial charge in [0.15, 0.2) is 0 Å². The van der Waals surface area contributed by atoms with Gasteiger partial charge in [0.2, 0.25) is 15.9 Å². The van der Waals surface area contributed by atoms with Crippen LogP contribution in [0.15, 0.2) is 0 Å². The predicted molar refractivity (Wildman–Crippen MR) is 65.3 cm³/mol. The van der Waals surface area contributed by atoms with Crippen LogP contribution in [0.25, 0.3) is 0 Å². The van der Waals surface area contributed by atoms with Gasteiger partial charge in [0, 0.05) is 13.1 Å². The first-order chi connectivity index (χ1) is 7.86. The van der Waals surface area contributed by atoms with Gasteiger partial charge in [0.05, 0.1) is 11.7 Å². The van der Waals surface area contributed by atoms with E-state index in [1.54, 1.807) is 6.92 Å². The van der Waals surface area contributed by atoms with Gasteiger partial charge in [-0.3, -0.25) is 10.2 Å². The van der Waals surface area contributed by atoms with Gasteiger partial charge in [-0.25, -0.2) is 18.6 Å². The fraction of sp³-hybridized carbons (Fsp3) is 0.900. The molecule has 1 heterocycles. The monoisotopic (exact) mass is 263 g/mol. The average molecular weight is 263 g/mol. The van der Waals surface area contributed by atoms with Crippen molar-refractivity contribution >= 4 is 15.9 Å². The molecule has 1 aliphatic rings. The minimum Gasteiger partial charge on any atom is -0.294 e. The van der Waals surface area contributed by atoms with E-state index in [-0.39, 0.29) is 5.75 Å². The molecule has 0 radical (unpaired) electrons. The van der Waals surface area contributed by atoms with Gasteiger partial charge in [-0.2, -0.15) is 0 Å². The molecule has 1 aliphatic heterocycles. The maximum atomic E-state index is 12.0. The number of hydrogen-bond acceptors (Lipinski definition) is 4. The fourth-order valence-corrected chi connectivity index (χ4v) is 3.66. The highest BCUT2D eigenvalue weighted by atomic mass is 32.2. The number of nitrogens with one attached hydrogen (secondary N) is 1. The molecule has 1 atom stereocenters. The number of carbonyl (C=O) groups is 1. The molecule has 0 bridgehead atoms. The summed E-state index contributed by atoms with van der Waals surface area (Å²) in [6.45, 7) is 4.79. The average Bonchev–Trinajstić information content (AvgIpc) is 2.27. The number of sulfonamides is 1. The Morgan fingerprint density at radius 1 is 1.47 bits per heavy atom. The van der Waals surface area contributed by atoms with Crippen LogP contribution in [0.1, 0.15) is 26.7 Å². The van der Waals surface area contributed by atoms with E-state index in [9.17, 15) is 13.2 Å². The normalized spacial score (nSPS) is 21.1. The summed E-state index contributed by atoms with van der Waals surface area (Å²) >= 11 is 0. The lowest BCUT2D eigenvalue weighted by Gasteiger charge is -2.30. The Morgan fingerprint density at radius 3 is 2.47 bits per heavy atom. The second-order valence-electron chi connectivity index (χ2n) is 4.77. The molecule has 0 aromatic heterocycles. The molecule has 1 fully saturated rings. The van der Waals surface area contributed by atoms with Gasteiger partial charge in [-0.1, -0.05) is 13.8 Å². The molecule has 7 heteroatoms. The summed E-state index contributed by atoms with van der Waals surface area (Å²) in [5, 5.41) is 0. The molecule has 0 aromatic rings. The standard InChI is InChI=1S/C10H21N3O3S/c1-8-3-5-13(6-4-8)17(15,16)7-9(2)10(14)12-11/h8-9H,3-7,11H2,1-2H3,(H,12,14). The Balaban J connectivity index is 2.59. The molecule has 3 N–H and O–H groups in total. The Bertz CT molecular complexity index is 361. The van der Waals surface area contributed by atoms with Crippen molar-refractivity contribution in [1.82, 2.24) is 9.73 Å². The highest BCUT2D eigenvalue weighted by molar-refractivity contribution is 7.89. The van der Waals surface area contributed by atoms with Gasteiger partial charge < -0.3 is 0 Å². The highest BCUT2D eigenvalue weighted by Crippen LogP contribution is 2.19. The van der Waals surface area contributed by atoms with E-state index in [1.165, 1.54) is 4.31 Å². The quantitative estimate of drug-likeness (QED) is 0.413. The molecular weight excluding hydrogens is 242 g/mol. The zero-order chi connectivity index (χ0) is 13.1. The van der Waals surface area contributed by atoms with Crippen LogP contribution < -0.4 is 11.3 Å². The minimum atomic E-state index is -3.34. The van der Waals surface area contributed by atoms with E-state index in [0.29, 0.717) is 19.0 Å². The Hall–Kier alpha value is -0.660. The van der Waals surface area contributed by atoms with Gasteiger partial charge in [0.1, 0.15) is 0 Å². The van der Waals surface area contributed by atoms with Crippen LogP contribution in [-0.2, 0) is 14.8 Å². The molecule has 1 rings (SSSR count). The van der Waals surface area contributed by atoms with Crippen molar-refractivity contribution in [1.29, 1.82) is 0 Å². The van der Waals surface area contributed by atoms with E-state index in [4.69, 9.17) is 5.84 Å². The van der Waals surface area contributed by atoms with Crippen LogP contribution in [-0.4, -0.2) is 37.5 Å². The third kappa shape index (κ3) is 3.93. The summed E-state index contributed by atoms with van der Waals surface area (Å²) in [4.78, 5) is 11.2. The van der Waals surface area contributed by atoms with Crippen molar-refractivity contribution in [2.24, 2.45) is 17.7 Å². The molecule has 1 saturated heterocycles. The first-order valence-electron chi connectivity index (χ1n) is 5.85. The summed E-state index contributed by atoms with van der Waals surface area (Å²) in [6, 6.07) is 0. The van der Waals surface area contributed by atoms with Crippen molar-refractivity contribution in [3.63, 3.8) is 0 Å². The van der Waals surface area contributed by atoms with Gasteiger partial charge in [-0.15, -0.1) is 0 Å². The predicted octanol–water partition coefficient (Wildman–Crippen LogP) is -0.326. The summed E-state index contributed by atoms with van der Waals surface area (Å²) in [7, 11) is -3.34. The van der Waals surface area contributed by atoms with Crippen LogP contribution in [0.4, 0.5) is 0 Å². The summed E-state index contributed by atoms with van der Waals surface area (Å²) in [5.41, 5.74) is 1.98. The summed E-state index contributed by atoms with van der Waals surface area (Å²) in [6.07, 6.45) is 1.77. The maximum absolute atomic E-state index is 12.0. The molecule has 0 spiro atoms. The summed E-state index contributed by atoms with van der Waals surface area (Å²) < 4.78 is 25.5. The Kier molecular flexibility index (Phi) is 4.91. The number of nitrogens with two attached hydrogens (primary N) is 1. The van der Waals surface area contributed by atoms with Crippen LogP contribution in [0, 0.1) is 11.8 Å². The van der Waals surface area contributed by atoms with E-state index >= 15 is 0 Å². The Labute approximate surface area is 103 Å². The number of rotatable bonds is 4. The Morgan fingerprint density at radius 2 is 2.00 bits per heavy atom. The van der Waals surface area contributed by atoms with Gasteiger partial charge in [-0.05, 0) is 18.8 Å². The van der Waals surface area contributed by atoms with E-state index < -0.39 is 21.8 Å². The fourth-order valence-electron chi connectivity index (χ4n) is 1.90. The SMILES string of the molecule is CC1CCN(S(=O)(=O)CC(C)C(=O)NN)CC1. The number of hydrazine groups is 1. The second kappa shape index (κ2) is 5.79. The van der Waals surface area contributed by atoms with E-state index in [1.807, 2.05) is 5.43 Å². The van der Waals surface area contributed by atoms with Crippen molar-refractivity contribution in [3.05, 3.63) is 0 Å². The number of carbonyl (C=O) groups excluding carboxylic acids is 1. The van der Waals surface area contributed by atoms with Crippen molar-refractivity contribution in [3.8, 4) is 0 Å². The molecule has 0 saturated carbocycles. The molecule has 1 amide bonds. The van der Waals surface area contributed by atoms with Crippen LogP contribution in [0.5, 0.6) is 0 Å². The molecule has 100 valence electrons. The largest absolute Gasteiger partial charge is 0.294 e. The zero-order valence-corrected chi connectivity index (χ0v) is 11.2. The minimum absolute atomic E-state index is 0.176. The third-order valence-electron chi connectivity index (χ3n) is 3.19. The number of hydrogen-bond donors (Lipinski definition) is 2. The first kappa shape index (κ1) is 14.4. The maximum Gasteiger partial charge on any atom is 0.237 e. The molecule has 17 heavy (non-hydrogen) atoms. The lowest BCUT2D eigenvalue weighted by atomic mass is 10.0. The molecule has 1 unspecified atom stereocenters. The van der Waals surface area contributed by atoms with Crippen LogP contribution in [0.2, 0.25) is 0 Å².